The van der Waals surface area contributed by atoms with Gasteiger partial charge in [-0.2, -0.15) is 0 Å². The van der Waals surface area contributed by atoms with Crippen LogP contribution < -0.4 is 5.73 Å². The Kier molecular flexibility index (Phi) is 4.00. The Balaban J connectivity index is 1.86. The maximum Gasteiger partial charge on any atom is 0.248 e. The van der Waals surface area contributed by atoms with Crippen LogP contribution in [0.3, 0.4) is 0 Å². The molecule has 0 atom stereocenters. The minimum Gasteiger partial charge on any atom is -0.366 e. The van der Waals surface area contributed by atoms with Gasteiger partial charge in [0.15, 0.2) is 0 Å². The Bertz CT molecular complexity index is 1190. The summed E-state index contributed by atoms with van der Waals surface area (Å²) in [4.78, 5) is 20.5. The third kappa shape index (κ3) is 2.77. The summed E-state index contributed by atoms with van der Waals surface area (Å²) in [6.45, 7) is 3.93. The smallest absolute Gasteiger partial charge is 0.248 e. The number of hydrogen-bond acceptors (Lipinski definition) is 3. The highest BCUT2D eigenvalue weighted by Crippen LogP contribution is 2.32. The van der Waals surface area contributed by atoms with Crippen molar-refractivity contribution < 1.29 is 4.79 Å². The number of fused-ring (bicyclic) bond motifs is 1. The van der Waals surface area contributed by atoms with Crippen LogP contribution >= 0.6 is 0 Å². The highest BCUT2D eigenvalue weighted by molar-refractivity contribution is 5.96. The van der Waals surface area contributed by atoms with Gasteiger partial charge in [0, 0.05) is 53.9 Å². The van der Waals surface area contributed by atoms with Gasteiger partial charge in [-0.3, -0.25) is 9.78 Å². The fourth-order valence-corrected chi connectivity index (χ4v) is 3.55. The predicted molar refractivity (Wildman–Crippen MR) is 107 cm³/mol. The number of carbonyl (C=O) groups is 1. The maximum atomic E-state index is 11.6. The molecule has 0 saturated heterocycles. The minimum atomic E-state index is -0.405. The van der Waals surface area contributed by atoms with Crippen molar-refractivity contribution in [2.75, 3.05) is 0 Å². The summed E-state index contributed by atoms with van der Waals surface area (Å²) in [5, 5.41) is 1.09. The molecule has 0 radical (unpaired) electrons. The van der Waals surface area contributed by atoms with E-state index in [4.69, 9.17) is 5.73 Å². The second-order valence-corrected chi connectivity index (χ2v) is 6.76. The molecular formula is C22H20N4O. The van der Waals surface area contributed by atoms with Gasteiger partial charge in [-0.05, 0) is 60.4 Å². The SMILES string of the molecule is Cc1c(C(N)=O)ccc(-c2cncc(-c3ccnc4c3ccn4C)c2)c1C. The zero-order valence-corrected chi connectivity index (χ0v) is 15.5. The van der Waals surface area contributed by atoms with Crippen LogP contribution in [0.15, 0.2) is 55.1 Å². The number of pyridine rings is 2. The van der Waals surface area contributed by atoms with Crippen molar-refractivity contribution in [1.29, 1.82) is 0 Å². The molecule has 5 heteroatoms. The highest BCUT2D eigenvalue weighted by Gasteiger charge is 2.13. The lowest BCUT2D eigenvalue weighted by Gasteiger charge is -2.13. The lowest BCUT2D eigenvalue weighted by Crippen LogP contribution is -2.13. The third-order valence-electron chi connectivity index (χ3n) is 5.18. The summed E-state index contributed by atoms with van der Waals surface area (Å²) in [7, 11) is 1.99. The first-order valence-corrected chi connectivity index (χ1v) is 8.73. The van der Waals surface area contributed by atoms with E-state index in [1.165, 1.54) is 0 Å². The van der Waals surface area contributed by atoms with Crippen molar-refractivity contribution in [2.24, 2.45) is 12.8 Å². The van der Waals surface area contributed by atoms with E-state index in [0.29, 0.717) is 5.56 Å². The average molecular weight is 356 g/mol. The lowest BCUT2D eigenvalue weighted by molar-refractivity contribution is 0.0999. The predicted octanol–water partition coefficient (Wildman–Crippen LogP) is 4.02. The van der Waals surface area contributed by atoms with Gasteiger partial charge in [0.05, 0.1) is 0 Å². The van der Waals surface area contributed by atoms with Crippen molar-refractivity contribution in [3.05, 3.63) is 71.8 Å². The standard InChI is InChI=1S/C22H20N4O/c1-13-14(2)18(21(23)27)5-4-17(13)15-10-16(12-24-11-15)19-6-8-25-22-20(19)7-9-26(22)3/h4-12H,1-3H3,(H2,23,27). The summed E-state index contributed by atoms with van der Waals surface area (Å²) in [6.07, 6.45) is 7.54. The molecular weight excluding hydrogens is 336 g/mol. The molecule has 0 aliphatic rings. The molecule has 4 rings (SSSR count). The van der Waals surface area contributed by atoms with E-state index in [1.807, 2.05) is 62.4 Å². The van der Waals surface area contributed by atoms with Gasteiger partial charge in [0.2, 0.25) is 5.91 Å². The van der Waals surface area contributed by atoms with Crippen molar-refractivity contribution in [3.8, 4) is 22.3 Å². The summed E-state index contributed by atoms with van der Waals surface area (Å²) in [6, 6.07) is 9.93. The number of nitrogens with two attached hydrogens (primary N) is 1. The zero-order chi connectivity index (χ0) is 19.1. The van der Waals surface area contributed by atoms with Crippen LogP contribution in [0.25, 0.3) is 33.3 Å². The highest BCUT2D eigenvalue weighted by atomic mass is 16.1. The molecule has 0 aliphatic carbocycles. The van der Waals surface area contributed by atoms with Gasteiger partial charge in [0.25, 0.3) is 0 Å². The Hall–Kier alpha value is -3.47. The molecule has 1 aromatic carbocycles. The number of rotatable bonds is 3. The zero-order valence-electron chi connectivity index (χ0n) is 15.5. The van der Waals surface area contributed by atoms with Gasteiger partial charge >= 0.3 is 0 Å². The number of hydrogen-bond donors (Lipinski definition) is 1. The first-order chi connectivity index (χ1) is 13.0. The quantitative estimate of drug-likeness (QED) is 0.602. The van der Waals surface area contributed by atoms with Crippen LogP contribution in [0.2, 0.25) is 0 Å². The topological polar surface area (TPSA) is 73.8 Å². The summed E-state index contributed by atoms with van der Waals surface area (Å²) >= 11 is 0. The van der Waals surface area contributed by atoms with E-state index in [2.05, 4.69) is 22.1 Å². The van der Waals surface area contributed by atoms with Crippen LogP contribution in [-0.2, 0) is 7.05 Å². The number of benzene rings is 1. The van der Waals surface area contributed by atoms with E-state index >= 15 is 0 Å². The molecule has 3 heterocycles. The van der Waals surface area contributed by atoms with Crippen LogP contribution in [0.1, 0.15) is 21.5 Å². The molecule has 2 N–H and O–H groups in total. The molecule has 4 aromatic rings. The van der Waals surface area contributed by atoms with E-state index in [-0.39, 0.29) is 0 Å². The van der Waals surface area contributed by atoms with E-state index in [0.717, 1.165) is 44.4 Å². The second-order valence-electron chi connectivity index (χ2n) is 6.76. The Morgan fingerprint density at radius 2 is 1.74 bits per heavy atom. The van der Waals surface area contributed by atoms with Gasteiger partial charge in [-0.25, -0.2) is 4.98 Å². The summed E-state index contributed by atoms with van der Waals surface area (Å²) in [5.74, 6) is -0.405. The summed E-state index contributed by atoms with van der Waals surface area (Å²) < 4.78 is 2.01. The lowest BCUT2D eigenvalue weighted by atomic mass is 9.93. The van der Waals surface area contributed by atoms with Gasteiger partial charge < -0.3 is 10.3 Å². The number of carbonyl (C=O) groups excluding carboxylic acids is 1. The van der Waals surface area contributed by atoms with Gasteiger partial charge in [0.1, 0.15) is 5.65 Å². The van der Waals surface area contributed by atoms with E-state index in [1.54, 1.807) is 6.07 Å². The molecule has 0 spiro atoms. The van der Waals surface area contributed by atoms with Crippen molar-refractivity contribution in [2.45, 2.75) is 13.8 Å². The molecule has 0 unspecified atom stereocenters. The first-order valence-electron chi connectivity index (χ1n) is 8.73. The van der Waals surface area contributed by atoms with Gasteiger partial charge in [-0.1, -0.05) is 6.07 Å². The first kappa shape index (κ1) is 17.0. The molecule has 0 bridgehead atoms. The van der Waals surface area contributed by atoms with Crippen molar-refractivity contribution in [3.63, 3.8) is 0 Å². The normalized spacial score (nSPS) is 11.1. The maximum absolute atomic E-state index is 11.6. The second kappa shape index (κ2) is 6.36. The molecule has 3 aromatic heterocycles. The molecule has 0 aliphatic heterocycles. The number of aromatic nitrogens is 3. The molecule has 1 amide bonds. The monoisotopic (exact) mass is 356 g/mol. The van der Waals surface area contributed by atoms with Gasteiger partial charge in [-0.15, -0.1) is 0 Å². The third-order valence-corrected chi connectivity index (χ3v) is 5.18. The summed E-state index contributed by atoms with van der Waals surface area (Å²) in [5.41, 5.74) is 13.1. The van der Waals surface area contributed by atoms with E-state index in [9.17, 15) is 4.79 Å². The molecule has 5 nitrogen and oxygen atoms in total. The Morgan fingerprint density at radius 3 is 2.48 bits per heavy atom. The minimum absolute atomic E-state index is 0.405. The molecule has 0 fully saturated rings. The number of aryl methyl sites for hydroxylation is 1. The Labute approximate surface area is 157 Å². The van der Waals surface area contributed by atoms with Crippen LogP contribution in [0.4, 0.5) is 0 Å². The molecule has 27 heavy (non-hydrogen) atoms. The van der Waals surface area contributed by atoms with Crippen molar-refractivity contribution in [1.82, 2.24) is 14.5 Å². The Morgan fingerprint density at radius 1 is 1.00 bits per heavy atom. The fourth-order valence-electron chi connectivity index (χ4n) is 3.55. The number of amides is 1. The average Bonchev–Trinajstić information content (AvgIpc) is 3.05. The van der Waals surface area contributed by atoms with Crippen LogP contribution in [0, 0.1) is 13.8 Å². The molecule has 0 saturated carbocycles. The van der Waals surface area contributed by atoms with Crippen molar-refractivity contribution >= 4 is 16.9 Å². The fraction of sp³-hybridized carbons (Fsp3) is 0.136. The molecule has 134 valence electrons. The van der Waals surface area contributed by atoms with Crippen LogP contribution in [-0.4, -0.2) is 20.4 Å². The largest absolute Gasteiger partial charge is 0.366 e. The van der Waals surface area contributed by atoms with Crippen LogP contribution in [0.5, 0.6) is 0 Å². The van der Waals surface area contributed by atoms with E-state index < -0.39 is 5.91 Å². The number of nitrogens with zero attached hydrogens (tertiary/aromatic N) is 3. The number of primary amides is 1.